The molecule has 0 amide bonds. The number of fused-ring (bicyclic) bond motifs is 6. The minimum atomic E-state index is -2.34. The second-order valence-corrected chi connectivity index (χ2v) is 12.2. The molecule has 0 bridgehead atoms. The summed E-state index contributed by atoms with van der Waals surface area (Å²) in [5.41, 5.74) is -1.96. The number of rotatable bonds is 7. The first-order valence-corrected chi connectivity index (χ1v) is 16.1. The van der Waals surface area contributed by atoms with Crippen molar-refractivity contribution in [2.24, 2.45) is 0 Å². The number of esters is 3. The van der Waals surface area contributed by atoms with E-state index < -0.39 is 53.3 Å². The normalized spacial score (nSPS) is 24.7. The summed E-state index contributed by atoms with van der Waals surface area (Å²) < 4.78 is 24.7. The van der Waals surface area contributed by atoms with Gasteiger partial charge in [-0.3, -0.25) is 14.4 Å². The maximum absolute atomic E-state index is 14.6. The van der Waals surface area contributed by atoms with Gasteiger partial charge in [0.05, 0.1) is 48.5 Å². The van der Waals surface area contributed by atoms with Crippen LogP contribution in [0.15, 0.2) is 54.6 Å². The van der Waals surface area contributed by atoms with Gasteiger partial charge < -0.3 is 38.8 Å². The lowest BCUT2D eigenvalue weighted by Crippen LogP contribution is -2.61. The van der Waals surface area contributed by atoms with Gasteiger partial charge in [-0.15, -0.1) is 0 Å². The molecule has 3 heterocycles. The molecule has 250 valence electrons. The van der Waals surface area contributed by atoms with E-state index >= 15 is 0 Å². The molecule has 1 saturated heterocycles. The minimum Gasteiger partial charge on any atom is -0.465 e. The van der Waals surface area contributed by atoms with Crippen LogP contribution < -0.4 is 0 Å². The number of benzene rings is 3. The highest BCUT2D eigenvalue weighted by Gasteiger charge is 2.72. The van der Waals surface area contributed by atoms with Gasteiger partial charge in [0.25, 0.3) is 0 Å². The highest BCUT2D eigenvalue weighted by molar-refractivity contribution is 6.28. The van der Waals surface area contributed by atoms with Crippen LogP contribution in [-0.4, -0.2) is 87.5 Å². The molecule has 2 aliphatic rings. The predicted octanol–water partition coefficient (Wildman–Crippen LogP) is 3.31. The molecule has 12 heteroatoms. The van der Waals surface area contributed by atoms with Crippen molar-refractivity contribution < 1.29 is 48.7 Å². The van der Waals surface area contributed by atoms with Gasteiger partial charge in [0, 0.05) is 21.5 Å². The third kappa shape index (κ3) is 3.97. The molecule has 0 saturated carbocycles. The van der Waals surface area contributed by atoms with E-state index in [4.69, 9.17) is 23.9 Å². The Hall–Kier alpha value is -4.62. The fourth-order valence-corrected chi connectivity index (χ4v) is 7.81. The lowest BCUT2D eigenvalue weighted by molar-refractivity contribution is -0.208. The lowest BCUT2D eigenvalue weighted by Gasteiger charge is -2.39. The molecular weight excluding hydrogens is 620 g/mol. The van der Waals surface area contributed by atoms with Gasteiger partial charge in [0.15, 0.2) is 6.23 Å². The van der Waals surface area contributed by atoms with Gasteiger partial charge >= 0.3 is 17.9 Å². The van der Waals surface area contributed by atoms with Crippen molar-refractivity contribution in [1.82, 2.24) is 9.55 Å². The molecule has 0 spiro atoms. The van der Waals surface area contributed by atoms with Crippen molar-refractivity contribution in [2.45, 2.75) is 63.1 Å². The Morgan fingerprint density at radius 1 is 0.854 bits per heavy atom. The fraction of sp³-hybridized carbons (Fsp3) is 0.389. The number of aliphatic hydroxyl groups is 3. The molecule has 5 atom stereocenters. The van der Waals surface area contributed by atoms with Crippen LogP contribution in [0, 0.1) is 0 Å². The first-order chi connectivity index (χ1) is 23.1. The zero-order valence-corrected chi connectivity index (χ0v) is 26.9. The zero-order valence-electron chi connectivity index (χ0n) is 26.9. The molecule has 1 aliphatic heterocycles. The molecular formula is C36H36N2O10. The maximum atomic E-state index is 14.6. The largest absolute Gasteiger partial charge is 0.465 e. The molecule has 7 rings (SSSR count). The number of ether oxygens (including phenoxy) is 4. The van der Waals surface area contributed by atoms with Crippen LogP contribution in [0.5, 0.6) is 0 Å². The molecule has 1 unspecified atom stereocenters. The third-order valence-electron chi connectivity index (χ3n) is 9.85. The van der Waals surface area contributed by atoms with Crippen LogP contribution in [0.4, 0.5) is 0 Å². The van der Waals surface area contributed by atoms with Crippen LogP contribution >= 0.6 is 0 Å². The number of para-hydroxylation sites is 2. The van der Waals surface area contributed by atoms with E-state index in [2.05, 4.69) is 0 Å². The quantitative estimate of drug-likeness (QED) is 0.102. The van der Waals surface area contributed by atoms with Gasteiger partial charge in [-0.1, -0.05) is 36.4 Å². The van der Waals surface area contributed by atoms with E-state index in [0.717, 1.165) is 0 Å². The van der Waals surface area contributed by atoms with Crippen LogP contribution in [0.2, 0.25) is 0 Å². The van der Waals surface area contributed by atoms with Crippen molar-refractivity contribution in [2.75, 3.05) is 26.4 Å². The first kappa shape index (κ1) is 32.0. The Morgan fingerprint density at radius 3 is 2.12 bits per heavy atom. The van der Waals surface area contributed by atoms with Crippen LogP contribution in [-0.2, 0) is 44.2 Å². The highest BCUT2D eigenvalue weighted by Crippen LogP contribution is 2.60. The monoisotopic (exact) mass is 656 g/mol. The van der Waals surface area contributed by atoms with Crippen molar-refractivity contribution in [1.29, 1.82) is 0 Å². The molecule has 12 nitrogen and oxygen atoms in total. The standard InChI is InChI=1S/C36H36N2O10/c1-5-45-32(42)35(4)26-19-13-8-10-14-22(19)37-27-25(26)21(36(35,33(43)46-6-2)34(44)47-7-3)16-20-18-12-9-11-15-23(18)38(28(20)27)31-30(41)29(40)24(39)17-48-31/h8-16,24,29-31,39-41H,5-7,17H2,1-4H3/t24-,29+,30-,31-,35?/m1/s1. The molecule has 1 fully saturated rings. The molecule has 2 aromatic heterocycles. The van der Waals surface area contributed by atoms with E-state index in [-0.39, 0.29) is 32.0 Å². The average molecular weight is 657 g/mol. The number of aliphatic hydroxyl groups excluding tert-OH is 3. The maximum Gasteiger partial charge on any atom is 0.329 e. The summed E-state index contributed by atoms with van der Waals surface area (Å²) in [6.45, 7) is 5.96. The molecule has 0 radical (unpaired) electrons. The summed E-state index contributed by atoms with van der Waals surface area (Å²) in [4.78, 5) is 48.7. The highest BCUT2D eigenvalue weighted by atomic mass is 16.6. The van der Waals surface area contributed by atoms with Gasteiger partial charge in [-0.25, -0.2) is 4.98 Å². The number of pyridine rings is 1. The minimum absolute atomic E-state index is 0.0264. The zero-order chi connectivity index (χ0) is 34.1. The third-order valence-corrected chi connectivity index (χ3v) is 9.85. The summed E-state index contributed by atoms with van der Waals surface area (Å²) >= 11 is 0. The predicted molar refractivity (Wildman–Crippen MR) is 174 cm³/mol. The number of hydrogen-bond donors (Lipinski definition) is 3. The van der Waals surface area contributed by atoms with Crippen LogP contribution in [0.3, 0.4) is 0 Å². The number of nitrogens with zero attached hydrogens (tertiary/aromatic N) is 2. The topological polar surface area (TPSA) is 167 Å². The molecule has 5 aromatic rings. The first-order valence-electron chi connectivity index (χ1n) is 16.1. The Labute approximate surface area is 274 Å². The average Bonchev–Trinajstić information content (AvgIpc) is 3.53. The Balaban J connectivity index is 1.75. The smallest absolute Gasteiger partial charge is 0.329 e. The Morgan fingerprint density at radius 2 is 1.46 bits per heavy atom. The molecule has 1 aliphatic carbocycles. The van der Waals surface area contributed by atoms with Gasteiger partial charge in [0.2, 0.25) is 5.41 Å². The van der Waals surface area contributed by atoms with Crippen molar-refractivity contribution in [3.8, 4) is 0 Å². The fourth-order valence-electron chi connectivity index (χ4n) is 7.81. The van der Waals surface area contributed by atoms with Crippen molar-refractivity contribution in [3.63, 3.8) is 0 Å². The van der Waals surface area contributed by atoms with Crippen molar-refractivity contribution in [3.05, 3.63) is 65.7 Å². The SMILES string of the molecule is CCOC(=O)C1(C)c2c3ccccc3nc3c2c(cc2c4ccccc4n([C@@H]4OC[C@@H](O)[C@H](O)[C@H]4O)c23)C1(C(=O)OCC)C(=O)OCC. The summed E-state index contributed by atoms with van der Waals surface area (Å²) in [5.74, 6) is -2.75. The molecule has 3 aromatic carbocycles. The van der Waals surface area contributed by atoms with Gasteiger partial charge in [0.1, 0.15) is 23.7 Å². The van der Waals surface area contributed by atoms with E-state index in [1.54, 1.807) is 61.7 Å². The van der Waals surface area contributed by atoms with E-state index in [0.29, 0.717) is 49.2 Å². The number of aromatic nitrogens is 2. The lowest BCUT2D eigenvalue weighted by atomic mass is 9.61. The Kier molecular flexibility index (Phi) is 7.67. The van der Waals surface area contributed by atoms with E-state index in [1.807, 2.05) is 18.2 Å². The molecule has 48 heavy (non-hydrogen) atoms. The summed E-state index contributed by atoms with van der Waals surface area (Å²) in [6, 6.07) is 16.1. The van der Waals surface area contributed by atoms with Crippen molar-refractivity contribution >= 4 is 61.5 Å². The van der Waals surface area contributed by atoms with E-state index in [1.165, 1.54) is 6.92 Å². The number of carbonyl (C=O) groups excluding carboxylic acids is 3. The van der Waals surface area contributed by atoms with Crippen LogP contribution in [0.1, 0.15) is 45.0 Å². The summed E-state index contributed by atoms with van der Waals surface area (Å²) in [5, 5.41) is 34.3. The number of hydrogen-bond acceptors (Lipinski definition) is 11. The molecule has 3 N–H and O–H groups in total. The van der Waals surface area contributed by atoms with Gasteiger partial charge in [-0.05, 0) is 57.0 Å². The van der Waals surface area contributed by atoms with Crippen LogP contribution in [0.25, 0.3) is 43.6 Å². The number of carbonyl (C=O) groups is 3. The second-order valence-electron chi connectivity index (χ2n) is 12.2. The second kappa shape index (κ2) is 11.5. The van der Waals surface area contributed by atoms with Gasteiger partial charge in [-0.2, -0.15) is 0 Å². The Bertz CT molecular complexity index is 2120. The summed E-state index contributed by atoms with van der Waals surface area (Å²) in [7, 11) is 0. The summed E-state index contributed by atoms with van der Waals surface area (Å²) in [6.07, 6.45) is -5.49. The van der Waals surface area contributed by atoms with E-state index in [9.17, 15) is 29.7 Å².